The van der Waals surface area contributed by atoms with Crippen LogP contribution in [0.2, 0.25) is 0 Å². The summed E-state index contributed by atoms with van der Waals surface area (Å²) in [6, 6.07) is 3.78. The lowest BCUT2D eigenvalue weighted by Gasteiger charge is -2.12. The molecule has 3 rings (SSSR count). The topological polar surface area (TPSA) is 68.4 Å². The first-order chi connectivity index (χ1) is 9.67. The van der Waals surface area contributed by atoms with E-state index in [4.69, 9.17) is 9.26 Å². The van der Waals surface area contributed by atoms with E-state index in [9.17, 15) is 5.11 Å². The molecule has 1 fully saturated rings. The molecule has 106 valence electrons. The third-order valence-electron chi connectivity index (χ3n) is 3.25. The maximum Gasteiger partial charge on any atom is 0.264 e. The number of aliphatic hydroxyl groups excluding tert-OH is 1. The van der Waals surface area contributed by atoms with Crippen LogP contribution < -0.4 is 4.74 Å². The van der Waals surface area contributed by atoms with Crippen LogP contribution in [0.15, 0.2) is 21.1 Å². The first-order valence-corrected chi connectivity index (χ1v) is 7.32. The van der Waals surface area contributed by atoms with Crippen molar-refractivity contribution >= 4 is 15.9 Å². The molecule has 5 nitrogen and oxygen atoms in total. The number of ether oxygens (including phenoxy) is 1. The molecule has 0 amide bonds. The van der Waals surface area contributed by atoms with Crippen molar-refractivity contribution in [1.82, 2.24) is 10.1 Å². The molecule has 0 unspecified atom stereocenters. The predicted octanol–water partition coefficient (Wildman–Crippen LogP) is 3.09. The molecule has 6 heteroatoms. The van der Waals surface area contributed by atoms with E-state index in [1.54, 1.807) is 0 Å². The second kappa shape index (κ2) is 5.54. The predicted molar refractivity (Wildman–Crippen MR) is 75.4 cm³/mol. The van der Waals surface area contributed by atoms with E-state index < -0.39 is 0 Å². The number of benzene rings is 1. The van der Waals surface area contributed by atoms with Crippen LogP contribution in [0.25, 0.3) is 0 Å². The fourth-order valence-electron chi connectivity index (χ4n) is 2.09. The summed E-state index contributed by atoms with van der Waals surface area (Å²) < 4.78 is 11.8. The van der Waals surface area contributed by atoms with E-state index in [2.05, 4.69) is 26.1 Å². The van der Waals surface area contributed by atoms with Crippen molar-refractivity contribution in [2.75, 3.05) is 0 Å². The third-order valence-corrected chi connectivity index (χ3v) is 3.71. The van der Waals surface area contributed by atoms with Crippen LogP contribution in [0.4, 0.5) is 0 Å². The minimum absolute atomic E-state index is 0.0766. The molecule has 1 N–H and O–H groups in total. The van der Waals surface area contributed by atoms with Gasteiger partial charge in [-0.1, -0.05) is 21.1 Å². The normalized spacial score (nSPS) is 14.6. The number of hydrogen-bond acceptors (Lipinski definition) is 5. The zero-order valence-electron chi connectivity index (χ0n) is 11.1. The highest BCUT2D eigenvalue weighted by atomic mass is 79.9. The monoisotopic (exact) mass is 338 g/mol. The third kappa shape index (κ3) is 2.86. The van der Waals surface area contributed by atoms with Crippen molar-refractivity contribution in [3.8, 4) is 5.75 Å². The SMILES string of the molecule is Cc1cc(Br)cc(CO)c1OCc1nc(C2CC2)no1. The van der Waals surface area contributed by atoms with Crippen LogP contribution in [0.1, 0.15) is 41.6 Å². The number of aryl methyl sites for hydroxylation is 1. The van der Waals surface area contributed by atoms with E-state index >= 15 is 0 Å². The Bertz CT molecular complexity index is 623. The summed E-state index contributed by atoms with van der Waals surface area (Å²) in [4.78, 5) is 4.32. The van der Waals surface area contributed by atoms with Crippen LogP contribution in [-0.2, 0) is 13.2 Å². The lowest BCUT2D eigenvalue weighted by Crippen LogP contribution is -2.01. The Hall–Kier alpha value is -1.40. The average molecular weight is 339 g/mol. The molecule has 1 aromatic carbocycles. The Labute approximate surface area is 125 Å². The molecule has 20 heavy (non-hydrogen) atoms. The second-order valence-corrected chi connectivity index (χ2v) is 5.89. The van der Waals surface area contributed by atoms with Crippen molar-refractivity contribution in [3.63, 3.8) is 0 Å². The summed E-state index contributed by atoms with van der Waals surface area (Å²) in [5.74, 6) is 2.38. The summed E-state index contributed by atoms with van der Waals surface area (Å²) in [7, 11) is 0. The van der Waals surface area contributed by atoms with Gasteiger partial charge in [0.1, 0.15) is 5.75 Å². The van der Waals surface area contributed by atoms with Crippen LogP contribution >= 0.6 is 15.9 Å². The number of aliphatic hydroxyl groups is 1. The van der Waals surface area contributed by atoms with E-state index in [0.717, 1.165) is 34.3 Å². The Kier molecular flexibility index (Phi) is 3.76. The fraction of sp³-hybridized carbons (Fsp3) is 0.429. The van der Waals surface area contributed by atoms with Crippen LogP contribution in [0.5, 0.6) is 5.75 Å². The van der Waals surface area contributed by atoms with Gasteiger partial charge in [-0.25, -0.2) is 0 Å². The van der Waals surface area contributed by atoms with Gasteiger partial charge in [0.2, 0.25) is 0 Å². The standard InChI is InChI=1S/C14H15BrN2O3/c1-8-4-11(15)5-10(6-18)13(8)19-7-12-16-14(17-20-12)9-2-3-9/h4-5,9,18H,2-3,6-7H2,1H3. The van der Waals surface area contributed by atoms with E-state index in [1.165, 1.54) is 0 Å². The van der Waals surface area contributed by atoms with Crippen molar-refractivity contribution in [2.45, 2.75) is 38.9 Å². The first-order valence-electron chi connectivity index (χ1n) is 6.52. The molecule has 2 aromatic rings. The van der Waals surface area contributed by atoms with E-state index in [0.29, 0.717) is 17.6 Å². The van der Waals surface area contributed by atoms with E-state index in [-0.39, 0.29) is 13.2 Å². The van der Waals surface area contributed by atoms with Gasteiger partial charge in [-0.15, -0.1) is 0 Å². The van der Waals surface area contributed by atoms with Gasteiger partial charge in [-0.3, -0.25) is 0 Å². The van der Waals surface area contributed by atoms with Gasteiger partial charge in [-0.05, 0) is 37.5 Å². The first kappa shape index (κ1) is 13.6. The lowest BCUT2D eigenvalue weighted by atomic mass is 10.1. The summed E-state index contributed by atoms with van der Waals surface area (Å²) in [6.45, 7) is 2.07. The van der Waals surface area contributed by atoms with Crippen molar-refractivity contribution in [1.29, 1.82) is 0 Å². The number of aromatic nitrogens is 2. The quantitative estimate of drug-likeness (QED) is 0.907. The molecular weight excluding hydrogens is 324 g/mol. The maximum absolute atomic E-state index is 9.40. The zero-order valence-corrected chi connectivity index (χ0v) is 12.7. The molecule has 1 aliphatic carbocycles. The molecule has 0 spiro atoms. The zero-order chi connectivity index (χ0) is 14.1. The minimum Gasteiger partial charge on any atom is -0.483 e. The van der Waals surface area contributed by atoms with E-state index in [1.807, 2.05) is 19.1 Å². The van der Waals surface area contributed by atoms with Crippen molar-refractivity contribution < 1.29 is 14.4 Å². The van der Waals surface area contributed by atoms with Gasteiger partial charge in [0, 0.05) is 16.0 Å². The Balaban J connectivity index is 1.73. The van der Waals surface area contributed by atoms with Crippen LogP contribution in [0, 0.1) is 6.92 Å². The Morgan fingerprint density at radius 1 is 1.45 bits per heavy atom. The number of rotatable bonds is 5. The number of halogens is 1. The van der Waals surface area contributed by atoms with Crippen LogP contribution in [0.3, 0.4) is 0 Å². The summed E-state index contributed by atoms with van der Waals surface area (Å²) in [5.41, 5.74) is 1.68. The highest BCUT2D eigenvalue weighted by Crippen LogP contribution is 2.38. The molecular formula is C14H15BrN2O3. The summed E-state index contributed by atoms with van der Waals surface area (Å²) >= 11 is 3.40. The molecule has 0 aliphatic heterocycles. The average Bonchev–Trinajstić information content (AvgIpc) is 3.16. The molecule has 1 heterocycles. The second-order valence-electron chi connectivity index (χ2n) is 4.98. The van der Waals surface area contributed by atoms with Gasteiger partial charge >= 0.3 is 0 Å². The van der Waals surface area contributed by atoms with Crippen molar-refractivity contribution in [2.24, 2.45) is 0 Å². The van der Waals surface area contributed by atoms with Crippen molar-refractivity contribution in [3.05, 3.63) is 39.4 Å². The molecule has 0 radical (unpaired) electrons. The van der Waals surface area contributed by atoms with Gasteiger partial charge < -0.3 is 14.4 Å². The smallest absolute Gasteiger partial charge is 0.264 e. The highest BCUT2D eigenvalue weighted by molar-refractivity contribution is 9.10. The summed E-state index contributed by atoms with van der Waals surface area (Å²) in [5, 5.41) is 13.3. The van der Waals surface area contributed by atoms with Gasteiger partial charge in [0.15, 0.2) is 12.4 Å². The summed E-state index contributed by atoms with van der Waals surface area (Å²) in [6.07, 6.45) is 2.28. The highest BCUT2D eigenvalue weighted by Gasteiger charge is 2.28. The van der Waals surface area contributed by atoms with Crippen LogP contribution in [-0.4, -0.2) is 15.2 Å². The minimum atomic E-state index is -0.0766. The molecule has 1 aliphatic rings. The Morgan fingerprint density at radius 3 is 2.95 bits per heavy atom. The van der Waals surface area contributed by atoms with Gasteiger partial charge in [0.05, 0.1) is 6.61 Å². The fourth-order valence-corrected chi connectivity index (χ4v) is 2.71. The molecule has 1 saturated carbocycles. The molecule has 0 bridgehead atoms. The van der Waals surface area contributed by atoms with Gasteiger partial charge in [-0.2, -0.15) is 4.98 Å². The number of nitrogens with zero attached hydrogens (tertiary/aromatic N) is 2. The Morgan fingerprint density at radius 2 is 2.25 bits per heavy atom. The largest absolute Gasteiger partial charge is 0.483 e. The molecule has 0 atom stereocenters. The maximum atomic E-state index is 9.40. The lowest BCUT2D eigenvalue weighted by molar-refractivity contribution is 0.227. The van der Waals surface area contributed by atoms with Gasteiger partial charge in [0.25, 0.3) is 5.89 Å². The molecule has 0 saturated heterocycles. The molecule has 1 aromatic heterocycles. The number of hydrogen-bond donors (Lipinski definition) is 1.